The fraction of sp³-hybridized carbons (Fsp3) is 0.727. The van der Waals surface area contributed by atoms with E-state index in [1.807, 2.05) is 6.92 Å². The smallest absolute Gasteiger partial charge is 0.312 e. The third-order valence-corrected chi connectivity index (χ3v) is 6.84. The lowest BCUT2D eigenvalue weighted by molar-refractivity contribution is -0.157. The second-order valence-electron chi connectivity index (χ2n) is 8.95. The first-order valence-electron chi connectivity index (χ1n) is 11.3. The molecule has 2 fully saturated rings. The Morgan fingerprint density at radius 1 is 1.29 bits per heavy atom. The summed E-state index contributed by atoms with van der Waals surface area (Å²) in [6.45, 7) is 7.45. The zero-order valence-electron chi connectivity index (χ0n) is 18.4. The van der Waals surface area contributed by atoms with Crippen molar-refractivity contribution < 1.29 is 23.9 Å². The van der Waals surface area contributed by atoms with Crippen LogP contribution >= 0.6 is 0 Å². The van der Waals surface area contributed by atoms with Gasteiger partial charge in [-0.3, -0.25) is 19.1 Å². The molecule has 0 radical (unpaired) electrons. The van der Waals surface area contributed by atoms with E-state index in [9.17, 15) is 14.4 Å². The number of likely N-dealkylation sites (tertiary alicyclic amines) is 1. The number of hydrogen-bond donors (Lipinski definition) is 1. The summed E-state index contributed by atoms with van der Waals surface area (Å²) in [4.78, 5) is 37.8. The van der Waals surface area contributed by atoms with Crippen molar-refractivity contribution in [2.45, 2.75) is 52.5 Å². The van der Waals surface area contributed by atoms with Gasteiger partial charge in [0.2, 0.25) is 5.91 Å². The highest BCUT2D eigenvalue weighted by Crippen LogP contribution is 2.37. The molecule has 1 aromatic heterocycles. The van der Waals surface area contributed by atoms with E-state index in [0.717, 1.165) is 43.7 Å². The van der Waals surface area contributed by atoms with Crippen LogP contribution in [0.15, 0.2) is 0 Å². The van der Waals surface area contributed by atoms with Gasteiger partial charge < -0.3 is 19.7 Å². The average Bonchev–Trinajstić information content (AvgIpc) is 2.99. The van der Waals surface area contributed by atoms with Crippen LogP contribution in [0.3, 0.4) is 0 Å². The molecule has 4 heterocycles. The molecule has 9 nitrogen and oxygen atoms in total. The fourth-order valence-corrected chi connectivity index (χ4v) is 4.78. The van der Waals surface area contributed by atoms with Crippen molar-refractivity contribution in [1.82, 2.24) is 20.0 Å². The Kier molecular flexibility index (Phi) is 6.31. The van der Waals surface area contributed by atoms with Gasteiger partial charge in [0.1, 0.15) is 5.69 Å². The first-order valence-corrected chi connectivity index (χ1v) is 11.3. The molecule has 0 aromatic carbocycles. The van der Waals surface area contributed by atoms with Gasteiger partial charge in [-0.2, -0.15) is 5.10 Å². The van der Waals surface area contributed by atoms with E-state index in [1.54, 1.807) is 9.58 Å². The van der Waals surface area contributed by atoms with E-state index in [2.05, 4.69) is 5.32 Å². The Balaban J connectivity index is 1.38. The monoisotopic (exact) mass is 432 g/mol. The lowest BCUT2D eigenvalue weighted by Crippen LogP contribution is -2.52. The third-order valence-electron chi connectivity index (χ3n) is 6.84. The van der Waals surface area contributed by atoms with Gasteiger partial charge in [0, 0.05) is 51.9 Å². The number of carbonyl (C=O) groups excluding carboxylic acids is 3. The van der Waals surface area contributed by atoms with Crippen molar-refractivity contribution in [2.24, 2.45) is 11.3 Å². The number of amides is 2. The number of aromatic nitrogens is 2. The molecule has 2 saturated heterocycles. The van der Waals surface area contributed by atoms with Crippen LogP contribution in [0.2, 0.25) is 0 Å². The second-order valence-corrected chi connectivity index (χ2v) is 8.95. The standard InChI is InChI=1S/C22H32N4O5/c1-3-26-19-17(11-22(14-23-20(19)28)6-9-30-10-7-22)18(24-26)5-4-8-31-21(29)16-12-25(13-16)15(2)27/h16H,3-14H2,1-2H3,(H,23,28). The van der Waals surface area contributed by atoms with Crippen molar-refractivity contribution >= 4 is 17.8 Å². The number of rotatable bonds is 6. The Bertz CT molecular complexity index is 852. The Morgan fingerprint density at radius 2 is 2.03 bits per heavy atom. The second kappa shape index (κ2) is 8.98. The zero-order valence-corrected chi connectivity index (χ0v) is 18.4. The van der Waals surface area contributed by atoms with Crippen LogP contribution in [0.1, 0.15) is 54.9 Å². The van der Waals surface area contributed by atoms with Crippen LogP contribution in [0, 0.1) is 11.3 Å². The quantitative estimate of drug-likeness (QED) is 0.530. The number of nitrogens with zero attached hydrogens (tertiary/aromatic N) is 3. The molecule has 2 amide bonds. The van der Waals surface area contributed by atoms with Crippen LogP contribution in [0.4, 0.5) is 0 Å². The van der Waals surface area contributed by atoms with Crippen LogP contribution in [-0.4, -0.2) is 71.9 Å². The van der Waals surface area contributed by atoms with Crippen LogP contribution < -0.4 is 5.32 Å². The number of nitrogens with one attached hydrogen (secondary N) is 1. The van der Waals surface area contributed by atoms with E-state index in [4.69, 9.17) is 14.6 Å². The van der Waals surface area contributed by atoms with Gasteiger partial charge in [-0.15, -0.1) is 0 Å². The van der Waals surface area contributed by atoms with Gasteiger partial charge in [-0.1, -0.05) is 0 Å². The molecule has 0 atom stereocenters. The zero-order chi connectivity index (χ0) is 22.0. The molecule has 3 aliphatic heterocycles. The maximum Gasteiger partial charge on any atom is 0.312 e. The maximum atomic E-state index is 12.8. The van der Waals surface area contributed by atoms with Crippen LogP contribution in [0.5, 0.6) is 0 Å². The highest BCUT2D eigenvalue weighted by atomic mass is 16.5. The Hall–Kier alpha value is -2.42. The predicted octanol–water partition coefficient (Wildman–Crippen LogP) is 0.940. The van der Waals surface area contributed by atoms with E-state index in [0.29, 0.717) is 51.3 Å². The molecule has 0 unspecified atom stereocenters. The van der Waals surface area contributed by atoms with Crippen molar-refractivity contribution in [2.75, 3.05) is 39.5 Å². The molecule has 3 aliphatic rings. The molecule has 1 aromatic rings. The molecule has 170 valence electrons. The molecule has 4 rings (SSSR count). The van der Waals surface area contributed by atoms with E-state index in [-0.39, 0.29) is 29.1 Å². The predicted molar refractivity (Wildman–Crippen MR) is 111 cm³/mol. The van der Waals surface area contributed by atoms with E-state index >= 15 is 0 Å². The summed E-state index contributed by atoms with van der Waals surface area (Å²) < 4.78 is 12.8. The number of hydrogen-bond acceptors (Lipinski definition) is 6. The van der Waals surface area contributed by atoms with Crippen LogP contribution in [0.25, 0.3) is 0 Å². The van der Waals surface area contributed by atoms with Crippen LogP contribution in [-0.2, 0) is 38.4 Å². The van der Waals surface area contributed by atoms with Gasteiger partial charge in [0.25, 0.3) is 5.91 Å². The summed E-state index contributed by atoms with van der Waals surface area (Å²) in [7, 11) is 0. The SMILES string of the molecule is CCn1nc(CCCOC(=O)C2CN(C(C)=O)C2)c2c1C(=O)NCC1(CCOCC1)C2. The summed E-state index contributed by atoms with van der Waals surface area (Å²) in [6.07, 6.45) is 3.99. The molecule has 1 N–H and O–H groups in total. The summed E-state index contributed by atoms with van der Waals surface area (Å²) in [5.74, 6) is -0.513. The third kappa shape index (κ3) is 4.46. The first kappa shape index (κ1) is 21.8. The van der Waals surface area contributed by atoms with Crippen molar-refractivity contribution in [3.63, 3.8) is 0 Å². The maximum absolute atomic E-state index is 12.8. The first-order chi connectivity index (χ1) is 14.9. The minimum absolute atomic E-state index is 0.0115. The van der Waals surface area contributed by atoms with Crippen molar-refractivity contribution in [1.29, 1.82) is 0 Å². The number of fused-ring (bicyclic) bond motifs is 1. The summed E-state index contributed by atoms with van der Waals surface area (Å²) >= 11 is 0. The Labute approximate surface area is 182 Å². The van der Waals surface area contributed by atoms with E-state index in [1.165, 1.54) is 6.92 Å². The molecular formula is C22H32N4O5. The largest absolute Gasteiger partial charge is 0.465 e. The molecular weight excluding hydrogens is 400 g/mol. The number of ether oxygens (including phenoxy) is 2. The van der Waals surface area contributed by atoms with Crippen molar-refractivity contribution in [3.05, 3.63) is 17.0 Å². The topological polar surface area (TPSA) is 103 Å². The van der Waals surface area contributed by atoms with Gasteiger partial charge in [-0.25, -0.2) is 0 Å². The fourth-order valence-electron chi connectivity index (χ4n) is 4.78. The van der Waals surface area contributed by atoms with Crippen molar-refractivity contribution in [3.8, 4) is 0 Å². The number of aryl methyl sites for hydroxylation is 2. The minimum Gasteiger partial charge on any atom is -0.465 e. The van der Waals surface area contributed by atoms with Gasteiger partial charge in [-0.05, 0) is 44.4 Å². The summed E-state index contributed by atoms with van der Waals surface area (Å²) in [6, 6.07) is 0. The van der Waals surface area contributed by atoms with Gasteiger partial charge in [0.05, 0.1) is 18.2 Å². The Morgan fingerprint density at radius 3 is 2.71 bits per heavy atom. The normalized spacial score (nSPS) is 20.6. The molecule has 0 aliphatic carbocycles. The number of esters is 1. The van der Waals surface area contributed by atoms with E-state index < -0.39 is 0 Å². The highest BCUT2D eigenvalue weighted by molar-refractivity contribution is 5.94. The summed E-state index contributed by atoms with van der Waals surface area (Å²) in [5, 5.41) is 7.84. The van der Waals surface area contributed by atoms with Gasteiger partial charge >= 0.3 is 5.97 Å². The molecule has 1 spiro atoms. The lowest BCUT2D eigenvalue weighted by atomic mass is 9.75. The molecule has 0 bridgehead atoms. The highest BCUT2D eigenvalue weighted by Gasteiger charge is 2.39. The van der Waals surface area contributed by atoms with Gasteiger partial charge in [0.15, 0.2) is 0 Å². The molecule has 0 saturated carbocycles. The molecule has 31 heavy (non-hydrogen) atoms. The number of carbonyl (C=O) groups is 3. The average molecular weight is 433 g/mol. The minimum atomic E-state index is -0.240. The molecule has 9 heteroatoms. The summed E-state index contributed by atoms with van der Waals surface area (Å²) in [5.41, 5.74) is 2.68. The lowest BCUT2D eigenvalue weighted by Gasteiger charge is -2.36.